The second-order valence-corrected chi connectivity index (χ2v) is 8.97. The van der Waals surface area contributed by atoms with Crippen LogP contribution in [0.3, 0.4) is 0 Å². The fraction of sp³-hybridized carbons (Fsp3) is 0.200. The summed E-state index contributed by atoms with van der Waals surface area (Å²) in [6, 6.07) is 16.5. The summed E-state index contributed by atoms with van der Waals surface area (Å²) in [4.78, 5) is 26.4. The Hall–Kier alpha value is -3.85. The van der Waals surface area contributed by atoms with E-state index in [1.165, 1.54) is 16.3 Å². The van der Waals surface area contributed by atoms with Crippen LogP contribution in [0.4, 0.5) is 0 Å². The van der Waals surface area contributed by atoms with Gasteiger partial charge in [0.15, 0.2) is 10.9 Å². The van der Waals surface area contributed by atoms with Crippen LogP contribution in [0, 0.1) is 13.8 Å². The van der Waals surface area contributed by atoms with E-state index in [1.54, 1.807) is 37.4 Å². The highest BCUT2D eigenvalue weighted by Gasteiger charge is 2.20. The van der Waals surface area contributed by atoms with Gasteiger partial charge in [-0.15, -0.1) is 10.2 Å². The van der Waals surface area contributed by atoms with Crippen LogP contribution in [0.15, 0.2) is 64.5 Å². The molecule has 5 rings (SSSR count). The number of carbonyl (C=O) groups is 1. The van der Waals surface area contributed by atoms with Gasteiger partial charge in [-0.25, -0.2) is 4.57 Å². The summed E-state index contributed by atoms with van der Waals surface area (Å²) >= 11 is 1.31. The molecule has 0 saturated carbocycles. The number of aryl methyl sites for hydroxylation is 1. The Balaban J connectivity index is 1.61. The zero-order chi connectivity index (χ0) is 24.0. The van der Waals surface area contributed by atoms with Gasteiger partial charge < -0.3 is 9.30 Å². The summed E-state index contributed by atoms with van der Waals surface area (Å²) in [6.45, 7) is 3.92. The quantitative estimate of drug-likeness (QED) is 0.274. The van der Waals surface area contributed by atoms with Crippen LogP contribution in [0.25, 0.3) is 22.4 Å². The van der Waals surface area contributed by atoms with E-state index in [1.807, 2.05) is 54.1 Å². The van der Waals surface area contributed by atoms with Crippen molar-refractivity contribution in [3.63, 3.8) is 0 Å². The first-order chi connectivity index (χ1) is 16.4. The van der Waals surface area contributed by atoms with Gasteiger partial charge in [-0.1, -0.05) is 23.9 Å². The van der Waals surface area contributed by atoms with Gasteiger partial charge in [0, 0.05) is 24.0 Å². The van der Waals surface area contributed by atoms with Crippen molar-refractivity contribution in [1.82, 2.24) is 23.7 Å². The molecule has 0 N–H and O–H groups in total. The molecule has 0 radical (unpaired) electrons. The van der Waals surface area contributed by atoms with Crippen LogP contribution in [-0.2, 0) is 7.05 Å². The minimum absolute atomic E-state index is 0.0238. The van der Waals surface area contributed by atoms with E-state index in [9.17, 15) is 9.59 Å². The number of rotatable bonds is 6. The number of ether oxygens (including phenoxy) is 1. The third-order valence-corrected chi connectivity index (χ3v) is 7.06. The molecule has 0 bridgehead atoms. The number of para-hydroxylation sites is 1. The highest BCUT2D eigenvalue weighted by molar-refractivity contribution is 7.99. The average Bonchev–Trinajstić information content (AvgIpc) is 3.39. The number of benzene rings is 2. The van der Waals surface area contributed by atoms with Gasteiger partial charge in [-0.3, -0.25) is 14.0 Å². The van der Waals surface area contributed by atoms with Crippen molar-refractivity contribution in [2.75, 3.05) is 12.9 Å². The minimum Gasteiger partial charge on any atom is -0.497 e. The summed E-state index contributed by atoms with van der Waals surface area (Å²) in [7, 11) is 3.54. The third kappa shape index (κ3) is 3.49. The second kappa shape index (κ2) is 8.49. The largest absolute Gasteiger partial charge is 0.497 e. The summed E-state index contributed by atoms with van der Waals surface area (Å²) in [5, 5.41) is 9.78. The van der Waals surface area contributed by atoms with Crippen molar-refractivity contribution in [2.24, 2.45) is 7.05 Å². The van der Waals surface area contributed by atoms with Crippen molar-refractivity contribution in [1.29, 1.82) is 0 Å². The summed E-state index contributed by atoms with van der Waals surface area (Å²) in [5.74, 6) is 1.31. The monoisotopic (exact) mass is 473 g/mol. The number of nitrogens with zero attached hydrogens (tertiary/aromatic N) is 5. The predicted molar refractivity (Wildman–Crippen MR) is 133 cm³/mol. The number of ketones is 1. The lowest BCUT2D eigenvalue weighted by Gasteiger charge is -2.11. The van der Waals surface area contributed by atoms with Crippen molar-refractivity contribution in [2.45, 2.75) is 19.0 Å². The fourth-order valence-electron chi connectivity index (χ4n) is 4.08. The van der Waals surface area contributed by atoms with E-state index >= 15 is 0 Å². The lowest BCUT2D eigenvalue weighted by Crippen LogP contribution is -2.21. The molecule has 8 nitrogen and oxygen atoms in total. The van der Waals surface area contributed by atoms with Crippen molar-refractivity contribution >= 4 is 34.2 Å². The number of hydrogen-bond acceptors (Lipinski definition) is 6. The normalized spacial score (nSPS) is 11.4. The van der Waals surface area contributed by atoms with Crippen LogP contribution in [-0.4, -0.2) is 42.4 Å². The highest BCUT2D eigenvalue weighted by Crippen LogP contribution is 2.25. The Bertz CT molecular complexity index is 1610. The van der Waals surface area contributed by atoms with Gasteiger partial charge >= 0.3 is 0 Å². The smallest absolute Gasteiger partial charge is 0.267 e. The number of hydrogen-bond donors (Lipinski definition) is 0. The zero-order valence-electron chi connectivity index (χ0n) is 19.3. The molecule has 0 aliphatic heterocycles. The maximum absolute atomic E-state index is 13.4. The predicted octanol–water partition coefficient (Wildman–Crippen LogP) is 3.97. The van der Waals surface area contributed by atoms with Crippen LogP contribution >= 0.6 is 11.8 Å². The number of thioether (sulfide) groups is 1. The van der Waals surface area contributed by atoms with E-state index in [4.69, 9.17) is 4.74 Å². The summed E-state index contributed by atoms with van der Waals surface area (Å²) in [6.07, 6.45) is 0. The first-order valence-electron chi connectivity index (χ1n) is 10.7. The molecule has 0 atom stereocenters. The Labute approximate surface area is 199 Å². The SMILES string of the molecule is COc1ccc(-n2c(=O)c3ccccc3n3c(SCC(=O)c4cc(C)n(C)c4C)nnc23)cc1. The van der Waals surface area contributed by atoms with Gasteiger partial charge in [0.25, 0.3) is 5.56 Å². The standard InChI is InChI=1S/C25H23N5O3S/c1-15-13-20(16(2)28(15)3)22(31)14-34-25-27-26-24-29(17-9-11-18(33-4)12-10-17)23(32)19-7-5-6-8-21(19)30(24)25/h5-13H,14H2,1-4H3. The molecule has 5 aromatic rings. The number of fused-ring (bicyclic) bond motifs is 3. The first kappa shape index (κ1) is 22.0. The molecule has 3 aromatic heterocycles. The van der Waals surface area contributed by atoms with Crippen molar-refractivity contribution in [3.8, 4) is 11.4 Å². The van der Waals surface area contributed by atoms with E-state index in [0.717, 1.165) is 11.4 Å². The molecule has 0 aliphatic carbocycles. The Morgan fingerprint density at radius 2 is 1.79 bits per heavy atom. The molecule has 0 amide bonds. The number of methoxy groups -OCH3 is 1. The van der Waals surface area contributed by atoms with E-state index in [2.05, 4.69) is 10.2 Å². The second-order valence-electron chi connectivity index (χ2n) is 8.03. The van der Waals surface area contributed by atoms with Crippen LogP contribution in [0.2, 0.25) is 0 Å². The van der Waals surface area contributed by atoms with E-state index in [0.29, 0.717) is 38.8 Å². The van der Waals surface area contributed by atoms with Gasteiger partial charge in [-0.2, -0.15) is 0 Å². The number of aromatic nitrogens is 5. The molecule has 172 valence electrons. The van der Waals surface area contributed by atoms with Crippen molar-refractivity contribution in [3.05, 3.63) is 81.9 Å². The van der Waals surface area contributed by atoms with Gasteiger partial charge in [-0.05, 0) is 56.3 Å². The molecule has 0 fully saturated rings. The van der Waals surface area contributed by atoms with Gasteiger partial charge in [0.05, 0.1) is 29.5 Å². The van der Waals surface area contributed by atoms with Crippen LogP contribution in [0.1, 0.15) is 21.7 Å². The number of Topliss-reactive ketones (excluding diaryl/α,β-unsaturated/α-hetero) is 1. The molecular weight excluding hydrogens is 450 g/mol. The fourth-order valence-corrected chi connectivity index (χ4v) is 4.90. The molecule has 0 spiro atoms. The molecule has 0 unspecified atom stereocenters. The summed E-state index contributed by atoms with van der Waals surface area (Å²) < 4.78 is 10.6. The Morgan fingerprint density at radius 3 is 2.47 bits per heavy atom. The third-order valence-electron chi connectivity index (χ3n) is 6.13. The van der Waals surface area contributed by atoms with Gasteiger partial charge in [0.1, 0.15) is 5.75 Å². The average molecular weight is 474 g/mol. The molecule has 2 aromatic carbocycles. The van der Waals surface area contributed by atoms with Crippen LogP contribution in [0.5, 0.6) is 5.75 Å². The van der Waals surface area contributed by atoms with E-state index in [-0.39, 0.29) is 17.1 Å². The lowest BCUT2D eigenvalue weighted by molar-refractivity contribution is 0.102. The molecular formula is C25H23N5O3S. The van der Waals surface area contributed by atoms with E-state index < -0.39 is 0 Å². The van der Waals surface area contributed by atoms with Gasteiger partial charge in [0.2, 0.25) is 5.78 Å². The van der Waals surface area contributed by atoms with Crippen LogP contribution < -0.4 is 10.3 Å². The molecule has 0 saturated heterocycles. The Kier molecular flexibility index (Phi) is 5.49. The number of carbonyl (C=O) groups excluding carboxylic acids is 1. The highest BCUT2D eigenvalue weighted by atomic mass is 32.2. The maximum atomic E-state index is 13.4. The Morgan fingerprint density at radius 1 is 1.06 bits per heavy atom. The summed E-state index contributed by atoms with van der Waals surface area (Å²) in [5.41, 5.74) is 3.84. The minimum atomic E-state index is -0.191. The first-order valence-corrected chi connectivity index (χ1v) is 11.7. The zero-order valence-corrected chi connectivity index (χ0v) is 20.1. The van der Waals surface area contributed by atoms with Crippen molar-refractivity contribution < 1.29 is 9.53 Å². The molecule has 34 heavy (non-hydrogen) atoms. The molecule has 3 heterocycles. The topological polar surface area (TPSA) is 83.4 Å². The molecule has 0 aliphatic rings. The maximum Gasteiger partial charge on any atom is 0.267 e. The lowest BCUT2D eigenvalue weighted by atomic mass is 10.2. The molecule has 9 heteroatoms.